The highest BCUT2D eigenvalue weighted by Gasteiger charge is 2.46. The Labute approximate surface area is 205 Å². The van der Waals surface area contributed by atoms with Crippen LogP contribution in [0.5, 0.6) is 23.0 Å². The van der Waals surface area contributed by atoms with Gasteiger partial charge in [-0.2, -0.15) is 0 Å². The minimum absolute atomic E-state index is 0.0367. The van der Waals surface area contributed by atoms with Gasteiger partial charge in [0.25, 0.3) is 11.7 Å². The van der Waals surface area contributed by atoms with Crippen molar-refractivity contribution in [1.29, 1.82) is 0 Å². The molecule has 1 saturated heterocycles. The van der Waals surface area contributed by atoms with Gasteiger partial charge in [0, 0.05) is 17.0 Å². The summed E-state index contributed by atoms with van der Waals surface area (Å²) in [7, 11) is 3.08. The van der Waals surface area contributed by atoms with Crippen molar-refractivity contribution in [3.8, 4) is 23.0 Å². The first-order chi connectivity index (χ1) is 17.0. The maximum atomic E-state index is 13.2. The average Bonchev–Trinajstić information content (AvgIpc) is 3.50. The maximum absolute atomic E-state index is 13.2. The van der Waals surface area contributed by atoms with Crippen LogP contribution in [0.4, 0.5) is 0 Å². The number of nitrogens with zero attached hydrogens (tertiary/aromatic N) is 1. The molecule has 1 unspecified atom stereocenters. The van der Waals surface area contributed by atoms with Gasteiger partial charge in [-0.05, 0) is 47.3 Å². The van der Waals surface area contributed by atoms with E-state index in [0.29, 0.717) is 41.8 Å². The largest absolute Gasteiger partial charge is 0.507 e. The van der Waals surface area contributed by atoms with E-state index in [4.69, 9.17) is 18.9 Å². The Balaban J connectivity index is 1.57. The molecule has 2 aliphatic heterocycles. The van der Waals surface area contributed by atoms with Gasteiger partial charge in [-0.25, -0.2) is 0 Å². The lowest BCUT2D eigenvalue weighted by Crippen LogP contribution is -2.28. The van der Waals surface area contributed by atoms with Gasteiger partial charge >= 0.3 is 0 Å². The molecule has 2 aromatic carbocycles. The van der Waals surface area contributed by atoms with Crippen molar-refractivity contribution >= 4 is 28.8 Å². The van der Waals surface area contributed by atoms with Crippen LogP contribution in [0.15, 0.2) is 59.5 Å². The number of hydrogen-bond donors (Lipinski definition) is 1. The predicted octanol–water partition coefficient (Wildman–Crippen LogP) is 4.16. The summed E-state index contributed by atoms with van der Waals surface area (Å²) in [5.41, 5.74) is 1.17. The minimum atomic E-state index is -0.740. The van der Waals surface area contributed by atoms with Crippen molar-refractivity contribution in [2.24, 2.45) is 0 Å². The second-order valence-electron chi connectivity index (χ2n) is 7.99. The van der Waals surface area contributed by atoms with E-state index >= 15 is 0 Å². The molecule has 1 aromatic heterocycles. The fourth-order valence-electron chi connectivity index (χ4n) is 4.31. The number of ketones is 1. The molecule has 5 rings (SSSR count). The number of aliphatic hydroxyl groups excluding tert-OH is 1. The van der Waals surface area contributed by atoms with Gasteiger partial charge in [-0.15, -0.1) is 11.3 Å². The van der Waals surface area contributed by atoms with Crippen LogP contribution in [0.25, 0.3) is 5.76 Å². The third-order valence-electron chi connectivity index (χ3n) is 5.97. The number of ether oxygens (including phenoxy) is 4. The SMILES string of the molecule is COc1ccc(CN2C(=O)C(=O)/C(=C(\O)c3ccc4c(c3)OCCO4)C2c2cccs2)cc1OC. The van der Waals surface area contributed by atoms with E-state index in [2.05, 4.69) is 0 Å². The summed E-state index contributed by atoms with van der Waals surface area (Å²) in [6, 6.07) is 13.2. The topological polar surface area (TPSA) is 94.5 Å². The molecule has 8 nitrogen and oxygen atoms in total. The van der Waals surface area contributed by atoms with Gasteiger partial charge in [0.1, 0.15) is 19.0 Å². The number of carbonyl (C=O) groups excluding carboxylic acids is 2. The Morgan fingerprint density at radius 3 is 2.51 bits per heavy atom. The minimum Gasteiger partial charge on any atom is -0.507 e. The lowest BCUT2D eigenvalue weighted by Gasteiger charge is -2.24. The van der Waals surface area contributed by atoms with Crippen molar-refractivity contribution < 1.29 is 33.6 Å². The monoisotopic (exact) mass is 493 g/mol. The number of benzene rings is 2. The highest BCUT2D eigenvalue weighted by Crippen LogP contribution is 2.43. The van der Waals surface area contributed by atoms with E-state index in [1.165, 1.54) is 23.3 Å². The summed E-state index contributed by atoms with van der Waals surface area (Å²) in [5.74, 6) is 0.448. The van der Waals surface area contributed by atoms with Crippen molar-refractivity contribution in [3.63, 3.8) is 0 Å². The van der Waals surface area contributed by atoms with E-state index in [1.54, 1.807) is 37.4 Å². The molecule has 1 N–H and O–H groups in total. The Hall–Kier alpha value is -3.98. The summed E-state index contributed by atoms with van der Waals surface area (Å²) >= 11 is 1.41. The molecule has 9 heteroatoms. The molecule has 0 aliphatic carbocycles. The van der Waals surface area contributed by atoms with Crippen molar-refractivity contribution in [2.45, 2.75) is 12.6 Å². The standard InChI is InChI=1S/C26H23NO7S/c1-31-17-7-5-15(12-19(17)32-2)14-27-23(21-4-3-11-35-21)22(25(29)26(27)30)24(28)16-6-8-18-20(13-16)34-10-9-33-18/h3-8,11-13,23,28H,9-10,14H2,1-2H3/b24-22-. The van der Waals surface area contributed by atoms with Gasteiger partial charge in [0.2, 0.25) is 0 Å². The van der Waals surface area contributed by atoms with Gasteiger partial charge in [0.15, 0.2) is 23.0 Å². The first-order valence-electron chi connectivity index (χ1n) is 10.9. The molecule has 1 atom stereocenters. The zero-order valence-electron chi connectivity index (χ0n) is 19.1. The molecule has 0 radical (unpaired) electrons. The average molecular weight is 494 g/mol. The zero-order valence-corrected chi connectivity index (χ0v) is 20.0. The molecule has 2 aliphatic rings. The Bertz CT molecular complexity index is 1320. The number of aliphatic hydroxyl groups is 1. The van der Waals surface area contributed by atoms with Crippen LogP contribution in [-0.4, -0.2) is 49.1 Å². The summed E-state index contributed by atoms with van der Waals surface area (Å²) in [6.45, 7) is 0.978. The molecule has 3 heterocycles. The molecule has 1 amide bonds. The molecular weight excluding hydrogens is 470 g/mol. The zero-order chi connectivity index (χ0) is 24.5. The normalized spacial score (nSPS) is 18.6. The number of rotatable bonds is 6. The number of thiophene rings is 1. The number of amides is 1. The number of fused-ring (bicyclic) bond motifs is 1. The van der Waals surface area contributed by atoms with E-state index in [-0.39, 0.29) is 17.9 Å². The summed E-state index contributed by atoms with van der Waals surface area (Å²) < 4.78 is 21.9. The van der Waals surface area contributed by atoms with Gasteiger partial charge in [-0.3, -0.25) is 9.59 Å². The first-order valence-corrected chi connectivity index (χ1v) is 11.8. The van der Waals surface area contributed by atoms with Crippen LogP contribution in [0.1, 0.15) is 22.0 Å². The van der Waals surface area contributed by atoms with Crippen LogP contribution in [0, 0.1) is 0 Å². The van der Waals surface area contributed by atoms with Crippen LogP contribution in [0.2, 0.25) is 0 Å². The highest BCUT2D eigenvalue weighted by molar-refractivity contribution is 7.10. The maximum Gasteiger partial charge on any atom is 0.295 e. The number of likely N-dealkylation sites (tertiary alicyclic amines) is 1. The Kier molecular flexibility index (Phi) is 6.08. The van der Waals surface area contributed by atoms with E-state index in [0.717, 1.165) is 10.4 Å². The van der Waals surface area contributed by atoms with Crippen LogP contribution in [0.3, 0.4) is 0 Å². The first kappa shape index (κ1) is 22.8. The lowest BCUT2D eigenvalue weighted by atomic mass is 9.99. The fraction of sp³-hybridized carbons (Fsp3) is 0.231. The van der Waals surface area contributed by atoms with Gasteiger partial charge < -0.3 is 29.0 Å². The van der Waals surface area contributed by atoms with Crippen molar-refractivity contribution in [3.05, 3.63) is 75.5 Å². The molecule has 35 heavy (non-hydrogen) atoms. The summed E-state index contributed by atoms with van der Waals surface area (Å²) in [4.78, 5) is 28.7. The molecular formula is C26H23NO7S. The molecule has 0 saturated carbocycles. The number of methoxy groups -OCH3 is 2. The molecule has 1 fully saturated rings. The van der Waals surface area contributed by atoms with E-state index in [1.807, 2.05) is 23.6 Å². The molecule has 180 valence electrons. The Morgan fingerprint density at radius 2 is 1.80 bits per heavy atom. The van der Waals surface area contributed by atoms with Gasteiger partial charge in [-0.1, -0.05) is 12.1 Å². The highest BCUT2D eigenvalue weighted by atomic mass is 32.1. The second kappa shape index (κ2) is 9.34. The van der Waals surface area contributed by atoms with Gasteiger partial charge in [0.05, 0.1) is 25.8 Å². The number of hydrogen-bond acceptors (Lipinski definition) is 8. The Morgan fingerprint density at radius 1 is 1.03 bits per heavy atom. The summed E-state index contributed by atoms with van der Waals surface area (Å²) in [6.07, 6.45) is 0. The van der Waals surface area contributed by atoms with E-state index in [9.17, 15) is 14.7 Å². The van der Waals surface area contributed by atoms with E-state index < -0.39 is 17.7 Å². The molecule has 0 spiro atoms. The number of carbonyl (C=O) groups is 2. The van der Waals surface area contributed by atoms with Crippen LogP contribution >= 0.6 is 11.3 Å². The molecule has 0 bridgehead atoms. The molecule has 3 aromatic rings. The third-order valence-corrected chi connectivity index (χ3v) is 6.89. The van der Waals surface area contributed by atoms with Crippen molar-refractivity contribution in [1.82, 2.24) is 4.90 Å². The quantitative estimate of drug-likeness (QED) is 0.313. The second-order valence-corrected chi connectivity index (χ2v) is 8.97. The van der Waals surface area contributed by atoms with Crippen molar-refractivity contribution in [2.75, 3.05) is 27.4 Å². The smallest absolute Gasteiger partial charge is 0.295 e. The third kappa shape index (κ3) is 4.08. The number of Topliss-reactive ketones (excluding diaryl/α,β-unsaturated/α-hetero) is 1. The van der Waals surface area contributed by atoms with Crippen LogP contribution in [-0.2, 0) is 16.1 Å². The fourth-order valence-corrected chi connectivity index (χ4v) is 5.15. The predicted molar refractivity (Wildman–Crippen MR) is 129 cm³/mol. The summed E-state index contributed by atoms with van der Waals surface area (Å²) in [5, 5.41) is 13.1. The van der Waals surface area contributed by atoms with Crippen LogP contribution < -0.4 is 18.9 Å². The lowest BCUT2D eigenvalue weighted by molar-refractivity contribution is -0.140.